The number of aromatic nitrogens is 1. The summed E-state index contributed by atoms with van der Waals surface area (Å²) in [4.78, 5) is 14.1. The van der Waals surface area contributed by atoms with E-state index in [0.717, 1.165) is 22.2 Å². The number of carbonyl (C=O) groups is 1. The molecule has 1 aromatic heterocycles. The van der Waals surface area contributed by atoms with Crippen molar-refractivity contribution in [2.24, 2.45) is 5.73 Å². The molecule has 0 bridgehead atoms. The highest BCUT2D eigenvalue weighted by atomic mass is 16.4. The molecule has 1 atom stereocenters. The van der Waals surface area contributed by atoms with E-state index in [1.165, 1.54) is 0 Å². The number of aryl methyl sites for hydroxylation is 1. The zero-order valence-electron chi connectivity index (χ0n) is 9.24. The van der Waals surface area contributed by atoms with Crippen molar-refractivity contribution in [1.82, 2.24) is 4.98 Å². The number of carboxylic acid groups (broad SMARTS) is 1. The summed E-state index contributed by atoms with van der Waals surface area (Å²) in [5.41, 5.74) is 9.07. The average Bonchev–Trinajstić information content (AvgIpc) is 2.51. The number of H-pyrrole nitrogens is 1. The van der Waals surface area contributed by atoms with Gasteiger partial charge < -0.3 is 15.8 Å². The maximum absolute atomic E-state index is 10.9. The molecule has 0 aliphatic rings. The molecule has 0 spiro atoms. The van der Waals surface area contributed by atoms with Gasteiger partial charge in [0.2, 0.25) is 0 Å². The van der Waals surface area contributed by atoms with Gasteiger partial charge in [0, 0.05) is 22.6 Å². The van der Waals surface area contributed by atoms with E-state index < -0.39 is 5.97 Å². The molecule has 4 heteroatoms. The van der Waals surface area contributed by atoms with Crippen molar-refractivity contribution >= 4 is 16.9 Å². The lowest BCUT2D eigenvalue weighted by Gasteiger charge is -2.05. The second-order valence-corrected chi connectivity index (χ2v) is 4.02. The second-order valence-electron chi connectivity index (χ2n) is 4.02. The number of nitrogens with two attached hydrogens (primary N) is 1. The number of nitrogens with one attached hydrogen (secondary N) is 1. The highest BCUT2D eigenvalue weighted by Crippen LogP contribution is 2.27. The van der Waals surface area contributed by atoms with E-state index in [4.69, 9.17) is 10.8 Å². The third kappa shape index (κ3) is 1.57. The lowest BCUT2D eigenvalue weighted by atomic mass is 10.0. The summed E-state index contributed by atoms with van der Waals surface area (Å²) in [6.45, 7) is 3.84. The van der Waals surface area contributed by atoms with Crippen LogP contribution in [0.3, 0.4) is 0 Å². The quantitative estimate of drug-likeness (QED) is 0.722. The van der Waals surface area contributed by atoms with Crippen LogP contribution in [-0.2, 0) is 0 Å². The number of aromatic amines is 1. The van der Waals surface area contributed by atoms with E-state index in [9.17, 15) is 4.79 Å². The Hall–Kier alpha value is -1.81. The Morgan fingerprint density at radius 1 is 1.50 bits per heavy atom. The fourth-order valence-electron chi connectivity index (χ4n) is 2.07. The molecule has 0 amide bonds. The second kappa shape index (κ2) is 3.64. The predicted octanol–water partition coefficient (Wildman–Crippen LogP) is 2.19. The molecule has 0 saturated carbocycles. The highest BCUT2D eigenvalue weighted by Gasteiger charge is 2.13. The molecular formula is C12H14N2O2. The molecule has 0 fully saturated rings. The highest BCUT2D eigenvalue weighted by molar-refractivity contribution is 5.95. The van der Waals surface area contributed by atoms with Crippen LogP contribution in [-0.4, -0.2) is 16.1 Å². The van der Waals surface area contributed by atoms with Gasteiger partial charge in [-0.3, -0.25) is 0 Å². The molecular weight excluding hydrogens is 204 g/mol. The monoisotopic (exact) mass is 218 g/mol. The van der Waals surface area contributed by atoms with Crippen LogP contribution in [0.5, 0.6) is 0 Å². The van der Waals surface area contributed by atoms with Gasteiger partial charge in [0.15, 0.2) is 0 Å². The number of hydrogen-bond donors (Lipinski definition) is 3. The van der Waals surface area contributed by atoms with Gasteiger partial charge in [-0.2, -0.15) is 0 Å². The first-order valence-electron chi connectivity index (χ1n) is 5.12. The first-order chi connectivity index (χ1) is 7.50. The average molecular weight is 218 g/mol. The van der Waals surface area contributed by atoms with E-state index in [0.29, 0.717) is 0 Å². The lowest BCUT2D eigenvalue weighted by Crippen LogP contribution is -2.06. The number of hydrogen-bond acceptors (Lipinski definition) is 2. The van der Waals surface area contributed by atoms with Crippen LogP contribution < -0.4 is 5.73 Å². The van der Waals surface area contributed by atoms with Crippen molar-refractivity contribution in [2.75, 3.05) is 0 Å². The minimum absolute atomic E-state index is 0.113. The Morgan fingerprint density at radius 2 is 2.19 bits per heavy atom. The standard InChI is InChI=1S/C12H14N2O2/c1-6(13)11-7(2)14-10-4-3-8(12(15)16)5-9(10)11/h3-6,14H,13H2,1-2H3,(H,15,16). The lowest BCUT2D eigenvalue weighted by molar-refractivity contribution is 0.0697. The van der Waals surface area contributed by atoms with Gasteiger partial charge in [-0.1, -0.05) is 0 Å². The van der Waals surface area contributed by atoms with Crippen molar-refractivity contribution in [3.63, 3.8) is 0 Å². The SMILES string of the molecule is Cc1[nH]c2ccc(C(=O)O)cc2c1C(C)N. The molecule has 1 aromatic carbocycles. The van der Waals surface area contributed by atoms with Gasteiger partial charge in [0.05, 0.1) is 5.56 Å². The molecule has 2 aromatic rings. The van der Waals surface area contributed by atoms with Crippen LogP contribution in [0.25, 0.3) is 10.9 Å². The Kier molecular flexibility index (Phi) is 2.44. The first-order valence-corrected chi connectivity index (χ1v) is 5.12. The van der Waals surface area contributed by atoms with Crippen molar-refractivity contribution < 1.29 is 9.90 Å². The van der Waals surface area contributed by atoms with Gasteiger partial charge in [0.1, 0.15) is 0 Å². The molecule has 2 rings (SSSR count). The number of benzene rings is 1. The molecule has 1 heterocycles. The summed E-state index contributed by atoms with van der Waals surface area (Å²) >= 11 is 0. The van der Waals surface area contributed by atoms with Crippen LogP contribution in [0, 0.1) is 6.92 Å². The normalized spacial score (nSPS) is 12.9. The molecule has 4 nitrogen and oxygen atoms in total. The van der Waals surface area contributed by atoms with Crippen molar-refractivity contribution in [3.05, 3.63) is 35.0 Å². The summed E-state index contributed by atoms with van der Waals surface area (Å²) < 4.78 is 0. The molecule has 84 valence electrons. The van der Waals surface area contributed by atoms with Crippen molar-refractivity contribution in [1.29, 1.82) is 0 Å². The van der Waals surface area contributed by atoms with Crippen LogP contribution in [0.15, 0.2) is 18.2 Å². The van der Waals surface area contributed by atoms with E-state index in [2.05, 4.69) is 4.98 Å². The van der Waals surface area contributed by atoms with Crippen LogP contribution in [0.2, 0.25) is 0 Å². The number of carboxylic acids is 1. The fraction of sp³-hybridized carbons (Fsp3) is 0.250. The summed E-state index contributed by atoms with van der Waals surface area (Å²) in [6.07, 6.45) is 0. The minimum atomic E-state index is -0.920. The number of rotatable bonds is 2. The van der Waals surface area contributed by atoms with Gasteiger partial charge in [-0.05, 0) is 37.6 Å². The van der Waals surface area contributed by atoms with Crippen LogP contribution >= 0.6 is 0 Å². The largest absolute Gasteiger partial charge is 0.478 e. The molecule has 0 aliphatic carbocycles. The molecule has 0 saturated heterocycles. The van der Waals surface area contributed by atoms with E-state index >= 15 is 0 Å². The third-order valence-corrected chi connectivity index (χ3v) is 2.74. The zero-order chi connectivity index (χ0) is 11.9. The smallest absolute Gasteiger partial charge is 0.335 e. The topological polar surface area (TPSA) is 79.1 Å². The Bertz CT molecular complexity index is 555. The van der Waals surface area contributed by atoms with E-state index in [-0.39, 0.29) is 11.6 Å². The Labute approximate surface area is 93.1 Å². The minimum Gasteiger partial charge on any atom is -0.478 e. The number of fused-ring (bicyclic) bond motifs is 1. The van der Waals surface area contributed by atoms with Crippen molar-refractivity contribution in [2.45, 2.75) is 19.9 Å². The van der Waals surface area contributed by atoms with Gasteiger partial charge in [-0.15, -0.1) is 0 Å². The molecule has 0 aliphatic heterocycles. The van der Waals surface area contributed by atoms with Gasteiger partial charge in [0.25, 0.3) is 0 Å². The third-order valence-electron chi connectivity index (χ3n) is 2.74. The molecule has 4 N–H and O–H groups in total. The zero-order valence-corrected chi connectivity index (χ0v) is 9.24. The maximum atomic E-state index is 10.9. The number of aromatic carboxylic acids is 1. The van der Waals surface area contributed by atoms with Crippen LogP contribution in [0.1, 0.15) is 34.6 Å². The Balaban J connectivity index is 2.74. The summed E-state index contributed by atoms with van der Waals surface area (Å²) in [7, 11) is 0. The van der Waals surface area contributed by atoms with Crippen LogP contribution in [0.4, 0.5) is 0 Å². The summed E-state index contributed by atoms with van der Waals surface area (Å²) in [6, 6.07) is 4.92. The van der Waals surface area contributed by atoms with Crippen molar-refractivity contribution in [3.8, 4) is 0 Å². The van der Waals surface area contributed by atoms with Gasteiger partial charge in [-0.25, -0.2) is 4.79 Å². The van der Waals surface area contributed by atoms with Gasteiger partial charge >= 0.3 is 5.97 Å². The molecule has 1 unspecified atom stereocenters. The summed E-state index contributed by atoms with van der Waals surface area (Å²) in [5.74, 6) is -0.920. The predicted molar refractivity (Wildman–Crippen MR) is 62.6 cm³/mol. The molecule has 16 heavy (non-hydrogen) atoms. The van der Waals surface area contributed by atoms with E-state index in [1.54, 1.807) is 18.2 Å². The first kappa shape index (κ1) is 10.7. The van der Waals surface area contributed by atoms with E-state index in [1.807, 2.05) is 13.8 Å². The summed E-state index contributed by atoms with van der Waals surface area (Å²) in [5, 5.41) is 9.83. The maximum Gasteiger partial charge on any atom is 0.335 e. The Morgan fingerprint density at radius 3 is 2.75 bits per heavy atom. The molecule has 0 radical (unpaired) electrons. The fourth-order valence-corrected chi connectivity index (χ4v) is 2.07.